The largest absolute Gasteiger partial charge is 0.496 e. The second kappa shape index (κ2) is 6.36. The smallest absolute Gasteiger partial charge is 0.328 e. The van der Waals surface area contributed by atoms with E-state index in [0.29, 0.717) is 0 Å². The molecule has 0 spiro atoms. The van der Waals surface area contributed by atoms with Gasteiger partial charge in [-0.05, 0) is 47.4 Å². The van der Waals surface area contributed by atoms with E-state index in [-0.39, 0.29) is 5.41 Å². The van der Waals surface area contributed by atoms with Gasteiger partial charge in [0, 0.05) is 21.4 Å². The Labute approximate surface area is 134 Å². The number of carbonyl (C=O) groups is 1. The third kappa shape index (κ3) is 3.77. The van der Waals surface area contributed by atoms with Crippen LogP contribution in [0.4, 0.5) is 0 Å². The number of thiophene rings is 1. The molecule has 0 aliphatic carbocycles. The molecular formula is C18H20O3S. The zero-order chi connectivity index (χ0) is 16.3. The molecule has 1 N–H and O–H groups in total. The van der Waals surface area contributed by atoms with E-state index in [9.17, 15) is 4.79 Å². The van der Waals surface area contributed by atoms with Crippen LogP contribution in [0.15, 0.2) is 36.4 Å². The highest BCUT2D eigenvalue weighted by molar-refractivity contribution is 7.16. The quantitative estimate of drug-likeness (QED) is 0.823. The highest BCUT2D eigenvalue weighted by Gasteiger charge is 2.19. The molecule has 0 aliphatic rings. The van der Waals surface area contributed by atoms with Crippen molar-refractivity contribution in [2.24, 2.45) is 0 Å². The molecule has 4 heteroatoms. The zero-order valence-corrected chi connectivity index (χ0v) is 14.0. The van der Waals surface area contributed by atoms with Crippen molar-refractivity contribution in [1.29, 1.82) is 0 Å². The molecule has 0 fully saturated rings. The first kappa shape index (κ1) is 16.3. The topological polar surface area (TPSA) is 46.5 Å². The fourth-order valence-corrected chi connectivity index (χ4v) is 3.11. The minimum absolute atomic E-state index is 0.00927. The minimum atomic E-state index is -0.936. The van der Waals surface area contributed by atoms with Crippen LogP contribution in [0.3, 0.4) is 0 Å². The summed E-state index contributed by atoms with van der Waals surface area (Å²) in [7, 11) is 1.68. The molecule has 0 saturated heterocycles. The first-order valence-electron chi connectivity index (χ1n) is 7.01. The minimum Gasteiger partial charge on any atom is -0.496 e. The van der Waals surface area contributed by atoms with E-state index in [0.717, 1.165) is 32.7 Å². The molecular weight excluding hydrogens is 296 g/mol. The van der Waals surface area contributed by atoms with Crippen molar-refractivity contribution in [2.45, 2.75) is 26.2 Å². The number of carboxylic acids is 1. The third-order valence-electron chi connectivity index (χ3n) is 3.31. The Bertz CT molecular complexity index is 705. The summed E-state index contributed by atoms with van der Waals surface area (Å²) in [5.41, 5.74) is 2.26. The van der Waals surface area contributed by atoms with Gasteiger partial charge in [0.05, 0.1) is 7.11 Å². The maximum Gasteiger partial charge on any atom is 0.328 e. The molecule has 0 aliphatic heterocycles. The van der Waals surface area contributed by atoms with Crippen molar-refractivity contribution in [3.05, 3.63) is 46.8 Å². The molecule has 0 radical (unpaired) electrons. The Morgan fingerprint density at radius 1 is 1.23 bits per heavy atom. The predicted octanol–water partition coefficient (Wildman–Crippen LogP) is 4.82. The Morgan fingerprint density at radius 3 is 2.55 bits per heavy atom. The molecule has 116 valence electrons. The molecule has 1 aromatic carbocycles. The highest BCUT2D eigenvalue weighted by atomic mass is 32.1. The standard InChI is InChI=1S/C18H20O3S/c1-18(2,3)14-11-12(5-8-15(14)21-4)16-9-6-13(22-16)7-10-17(19)20/h5-11H,1-4H3,(H,19,20). The van der Waals surface area contributed by atoms with Crippen molar-refractivity contribution in [3.8, 4) is 16.2 Å². The van der Waals surface area contributed by atoms with Crippen molar-refractivity contribution in [3.63, 3.8) is 0 Å². The van der Waals surface area contributed by atoms with Gasteiger partial charge in [0.1, 0.15) is 5.75 Å². The van der Waals surface area contributed by atoms with Crippen LogP contribution in [-0.4, -0.2) is 18.2 Å². The van der Waals surface area contributed by atoms with Crippen LogP contribution in [0.5, 0.6) is 5.75 Å². The highest BCUT2D eigenvalue weighted by Crippen LogP contribution is 2.37. The van der Waals surface area contributed by atoms with Crippen LogP contribution in [0.2, 0.25) is 0 Å². The zero-order valence-electron chi connectivity index (χ0n) is 13.2. The predicted molar refractivity (Wildman–Crippen MR) is 91.7 cm³/mol. The molecule has 2 aromatic rings. The van der Waals surface area contributed by atoms with Gasteiger partial charge in [-0.2, -0.15) is 0 Å². The molecule has 0 amide bonds. The molecule has 1 aromatic heterocycles. The Balaban J connectivity index is 2.39. The van der Waals surface area contributed by atoms with Crippen LogP contribution >= 0.6 is 11.3 Å². The Kier molecular flexibility index (Phi) is 4.71. The van der Waals surface area contributed by atoms with Gasteiger partial charge in [-0.3, -0.25) is 0 Å². The molecule has 22 heavy (non-hydrogen) atoms. The van der Waals surface area contributed by atoms with Crippen LogP contribution in [0.25, 0.3) is 16.5 Å². The lowest BCUT2D eigenvalue weighted by Gasteiger charge is -2.22. The molecule has 0 bridgehead atoms. The average molecular weight is 316 g/mol. The second-order valence-corrected chi connectivity index (χ2v) is 7.15. The van der Waals surface area contributed by atoms with E-state index >= 15 is 0 Å². The fourth-order valence-electron chi connectivity index (χ4n) is 2.20. The third-order valence-corrected chi connectivity index (χ3v) is 4.41. The fraction of sp³-hybridized carbons (Fsp3) is 0.278. The number of aliphatic carboxylic acids is 1. The van der Waals surface area contributed by atoms with Gasteiger partial charge in [0.15, 0.2) is 0 Å². The summed E-state index contributed by atoms with van der Waals surface area (Å²) in [6.07, 6.45) is 2.77. The number of benzene rings is 1. The molecule has 1 heterocycles. The van der Waals surface area contributed by atoms with Gasteiger partial charge < -0.3 is 9.84 Å². The lowest BCUT2D eigenvalue weighted by Crippen LogP contribution is -2.12. The summed E-state index contributed by atoms with van der Waals surface area (Å²) < 4.78 is 5.46. The summed E-state index contributed by atoms with van der Waals surface area (Å²) in [6.45, 7) is 6.47. The average Bonchev–Trinajstić information content (AvgIpc) is 2.92. The van der Waals surface area contributed by atoms with E-state index in [2.05, 4.69) is 26.8 Å². The van der Waals surface area contributed by atoms with Crippen LogP contribution in [-0.2, 0) is 10.2 Å². The Hall–Kier alpha value is -2.07. The van der Waals surface area contributed by atoms with Gasteiger partial charge in [-0.15, -0.1) is 11.3 Å². The summed E-state index contributed by atoms with van der Waals surface area (Å²) >= 11 is 1.57. The van der Waals surface area contributed by atoms with Crippen molar-refractivity contribution in [1.82, 2.24) is 0 Å². The first-order valence-corrected chi connectivity index (χ1v) is 7.82. The summed E-state index contributed by atoms with van der Waals surface area (Å²) in [6, 6.07) is 10.1. The summed E-state index contributed by atoms with van der Waals surface area (Å²) in [4.78, 5) is 12.6. The van der Waals surface area contributed by atoms with Crippen molar-refractivity contribution >= 4 is 23.4 Å². The summed E-state index contributed by atoms with van der Waals surface area (Å²) in [5, 5.41) is 8.69. The van der Waals surface area contributed by atoms with Crippen LogP contribution in [0.1, 0.15) is 31.2 Å². The number of ether oxygens (including phenoxy) is 1. The molecule has 0 atom stereocenters. The van der Waals surface area contributed by atoms with Crippen molar-refractivity contribution in [2.75, 3.05) is 7.11 Å². The first-order chi connectivity index (χ1) is 10.3. The number of hydrogen-bond acceptors (Lipinski definition) is 3. The molecule has 0 unspecified atom stereocenters. The number of methoxy groups -OCH3 is 1. The van der Waals surface area contributed by atoms with Crippen molar-refractivity contribution < 1.29 is 14.6 Å². The van der Waals surface area contributed by atoms with E-state index in [4.69, 9.17) is 9.84 Å². The van der Waals surface area contributed by atoms with Crippen LogP contribution in [0, 0.1) is 0 Å². The molecule has 3 nitrogen and oxygen atoms in total. The van der Waals surface area contributed by atoms with Gasteiger partial charge >= 0.3 is 5.97 Å². The van der Waals surface area contributed by atoms with Gasteiger partial charge in [-0.1, -0.05) is 20.8 Å². The van der Waals surface area contributed by atoms with Gasteiger partial charge in [0.2, 0.25) is 0 Å². The number of rotatable bonds is 4. The lowest BCUT2D eigenvalue weighted by molar-refractivity contribution is -0.131. The number of hydrogen-bond donors (Lipinski definition) is 1. The van der Waals surface area contributed by atoms with E-state index in [1.807, 2.05) is 24.3 Å². The molecule has 2 rings (SSSR count). The Morgan fingerprint density at radius 2 is 1.95 bits per heavy atom. The normalized spacial score (nSPS) is 11.8. The second-order valence-electron chi connectivity index (χ2n) is 6.04. The maximum atomic E-state index is 10.6. The molecule has 0 saturated carbocycles. The monoisotopic (exact) mass is 316 g/mol. The SMILES string of the molecule is COc1ccc(-c2ccc(C=CC(=O)O)s2)cc1C(C)(C)C. The maximum absolute atomic E-state index is 10.6. The van der Waals surface area contributed by atoms with E-state index < -0.39 is 5.97 Å². The van der Waals surface area contributed by atoms with Gasteiger partial charge in [0.25, 0.3) is 0 Å². The lowest BCUT2D eigenvalue weighted by atomic mass is 9.85. The van der Waals surface area contributed by atoms with Gasteiger partial charge in [-0.25, -0.2) is 4.79 Å². The number of carboxylic acid groups (broad SMARTS) is 1. The summed E-state index contributed by atoms with van der Waals surface area (Å²) in [5.74, 6) is -0.0479. The van der Waals surface area contributed by atoms with Crippen LogP contribution < -0.4 is 4.74 Å². The van der Waals surface area contributed by atoms with E-state index in [1.54, 1.807) is 24.5 Å². The van der Waals surface area contributed by atoms with E-state index in [1.165, 1.54) is 0 Å².